The van der Waals surface area contributed by atoms with Crippen LogP contribution < -0.4 is 14.2 Å². The van der Waals surface area contributed by atoms with Gasteiger partial charge in [-0.25, -0.2) is 4.52 Å². The zero-order chi connectivity index (χ0) is 30.5. The van der Waals surface area contributed by atoms with Crippen LogP contribution in [0.25, 0.3) is 0 Å². The van der Waals surface area contributed by atoms with Crippen molar-refractivity contribution in [3.05, 3.63) is 102 Å². The largest absolute Gasteiger partial charge is 0.497 e. The minimum atomic E-state index is -3.17. The Kier molecular flexibility index (Phi) is 11.5. The van der Waals surface area contributed by atoms with Gasteiger partial charge in [-0.05, 0) is 165 Å². The van der Waals surface area contributed by atoms with E-state index >= 15 is 0 Å². The van der Waals surface area contributed by atoms with E-state index in [0.29, 0.717) is 5.02 Å². The minimum absolute atomic E-state index is 0.649. The summed E-state index contributed by atoms with van der Waals surface area (Å²) in [5, 5.41) is 0.649. The quantitative estimate of drug-likeness (QED) is 0.141. The van der Waals surface area contributed by atoms with Crippen LogP contribution in [0.1, 0.15) is 0 Å². The third-order valence-corrected chi connectivity index (χ3v) is 29.8. The molecule has 0 aromatic heterocycles. The van der Waals surface area contributed by atoms with E-state index in [9.17, 15) is 0 Å². The van der Waals surface area contributed by atoms with Crippen molar-refractivity contribution in [3.8, 4) is 17.2 Å². The molecule has 43 heavy (non-hydrogen) atoms. The Morgan fingerprint density at radius 2 is 0.767 bits per heavy atom. The summed E-state index contributed by atoms with van der Waals surface area (Å²) in [4.78, 5) is 3.88. The minimum Gasteiger partial charge on any atom is -0.497 e. The zero-order valence-corrected chi connectivity index (χ0v) is 31.1. The van der Waals surface area contributed by atoms with Crippen LogP contribution in [0.15, 0.2) is 130 Å². The average molecular weight is 767 g/mol. The molecule has 0 saturated carbocycles. The highest BCUT2D eigenvalue weighted by molar-refractivity contribution is 8.96. The standard InChI is InChI=1S/C27H25Cl3N3O3P3S4/c1-34-21-6-14-25(15-7-21)41-38(40-24-12-4-20(28)5-13-24)31-37(29,30)32-39(33-38,42-26-16-8-22(35-2)9-17-26)43-27-18-10-23(36-3)11-19-27/h4-19H,1-3H3. The van der Waals surface area contributed by atoms with Gasteiger partial charge in [-0.2, -0.15) is 9.03 Å². The SMILES string of the molecule is COc1ccc(SP2(Sc3ccc(Cl)cc3)=NP(Cl)(Cl)=NP(Sc3ccc(OC)cc3)(Sc3ccc(OC)cc3)=N2)cc1. The van der Waals surface area contributed by atoms with E-state index < -0.39 is 17.1 Å². The maximum absolute atomic E-state index is 7.08. The van der Waals surface area contributed by atoms with Crippen molar-refractivity contribution >= 4 is 96.7 Å². The highest BCUT2D eigenvalue weighted by atomic mass is 35.9. The second-order valence-electron chi connectivity index (χ2n) is 8.55. The molecular formula is C27H25Cl3N3O3P3S4. The first-order valence-corrected chi connectivity index (χ1v) is 25.4. The lowest BCUT2D eigenvalue weighted by Gasteiger charge is -2.30. The molecular weight excluding hydrogens is 742 g/mol. The Balaban J connectivity index is 1.70. The molecule has 226 valence electrons. The fourth-order valence-corrected chi connectivity index (χ4v) is 38.9. The van der Waals surface area contributed by atoms with Gasteiger partial charge < -0.3 is 14.2 Å². The number of rotatable bonds is 11. The van der Waals surface area contributed by atoms with Crippen molar-refractivity contribution in [1.29, 1.82) is 0 Å². The number of hydrogen-bond donors (Lipinski definition) is 0. The summed E-state index contributed by atoms with van der Waals surface area (Å²) in [6.45, 7) is 0. The zero-order valence-electron chi connectivity index (χ0n) is 22.9. The van der Waals surface area contributed by atoms with Crippen molar-refractivity contribution in [3.63, 3.8) is 0 Å². The first-order valence-electron chi connectivity index (χ1n) is 12.4. The monoisotopic (exact) mass is 765 g/mol. The van der Waals surface area contributed by atoms with Crippen molar-refractivity contribution in [2.75, 3.05) is 21.3 Å². The van der Waals surface area contributed by atoms with Crippen LogP contribution in [0.4, 0.5) is 0 Å². The highest BCUT2D eigenvalue weighted by Gasteiger charge is 2.39. The van der Waals surface area contributed by atoms with Crippen molar-refractivity contribution in [2.45, 2.75) is 19.6 Å². The molecule has 4 aromatic rings. The second-order valence-corrected chi connectivity index (χ2v) is 29.7. The van der Waals surface area contributed by atoms with Gasteiger partial charge in [0.05, 0.1) is 21.3 Å². The molecule has 0 aliphatic carbocycles. The topological polar surface area (TPSA) is 64.8 Å². The molecule has 0 bridgehead atoms. The Morgan fingerprint density at radius 3 is 1.09 bits per heavy atom. The van der Waals surface area contributed by atoms with E-state index in [-0.39, 0.29) is 0 Å². The van der Waals surface area contributed by atoms with Gasteiger partial charge in [0.25, 0.3) is 5.91 Å². The molecule has 0 radical (unpaired) electrons. The van der Waals surface area contributed by atoms with Gasteiger partial charge in [-0.3, -0.25) is 0 Å². The summed E-state index contributed by atoms with van der Waals surface area (Å²) < 4.78 is 32.0. The number of hydrogen-bond acceptors (Lipinski definition) is 10. The third kappa shape index (κ3) is 9.16. The molecule has 1 heterocycles. The van der Waals surface area contributed by atoms with Crippen LogP contribution in [-0.2, 0) is 0 Å². The molecule has 4 aromatic carbocycles. The molecule has 5 rings (SSSR count). The van der Waals surface area contributed by atoms with Gasteiger partial charge in [0.1, 0.15) is 17.2 Å². The molecule has 1 unspecified atom stereocenters. The van der Waals surface area contributed by atoms with Crippen molar-refractivity contribution in [2.24, 2.45) is 13.5 Å². The van der Waals surface area contributed by atoms with E-state index in [2.05, 4.69) is 0 Å². The van der Waals surface area contributed by atoms with Crippen molar-refractivity contribution in [1.82, 2.24) is 0 Å². The van der Waals surface area contributed by atoms with E-state index in [1.807, 2.05) is 97.1 Å². The number of benzene rings is 4. The molecule has 1 atom stereocenters. The van der Waals surface area contributed by atoms with Crippen LogP contribution in [0.5, 0.6) is 17.2 Å². The lowest BCUT2D eigenvalue weighted by molar-refractivity contribution is 0.414. The van der Waals surface area contributed by atoms with Gasteiger partial charge in [-0.15, -0.1) is 0 Å². The van der Waals surface area contributed by atoms with Gasteiger partial charge in [0, 0.05) is 24.6 Å². The average Bonchev–Trinajstić information content (AvgIpc) is 2.98. The molecule has 1 aliphatic rings. The Labute approximate surface area is 282 Å². The molecule has 6 nitrogen and oxygen atoms in total. The molecule has 16 heteroatoms. The second kappa shape index (κ2) is 14.8. The van der Waals surface area contributed by atoms with Crippen LogP contribution in [0, 0.1) is 0 Å². The van der Waals surface area contributed by atoms with E-state index in [1.54, 1.807) is 66.9 Å². The van der Waals surface area contributed by atoms with Gasteiger partial charge in [0.15, 0.2) is 0 Å². The van der Waals surface area contributed by atoms with Crippen molar-refractivity contribution < 1.29 is 14.2 Å². The summed E-state index contributed by atoms with van der Waals surface area (Å²) in [5.41, 5.74) is -5.54. The molecule has 0 N–H and O–H groups in total. The molecule has 0 fully saturated rings. The Hall–Kier alpha value is -0.760. The number of ether oxygens (including phenoxy) is 3. The molecule has 0 amide bonds. The number of halogens is 3. The molecule has 1 aliphatic heterocycles. The maximum atomic E-state index is 7.08. The predicted octanol–water partition coefficient (Wildman–Crippen LogP) is 14.2. The van der Waals surface area contributed by atoms with Gasteiger partial charge in [-0.1, -0.05) is 11.6 Å². The lowest BCUT2D eigenvalue weighted by atomic mass is 10.3. The van der Waals surface area contributed by atoms with E-state index in [0.717, 1.165) is 36.8 Å². The summed E-state index contributed by atoms with van der Waals surface area (Å²) in [7, 11) is 4.94. The Morgan fingerprint density at radius 1 is 0.465 bits per heavy atom. The first kappa shape index (κ1) is 33.6. The van der Waals surface area contributed by atoms with Crippen LogP contribution in [0.2, 0.25) is 5.02 Å². The summed E-state index contributed by atoms with van der Waals surface area (Å²) in [6.07, 6.45) is 0. The summed E-state index contributed by atoms with van der Waals surface area (Å²) >= 11 is 26.7. The summed E-state index contributed by atoms with van der Waals surface area (Å²) in [6, 6.07) is 31.2. The van der Waals surface area contributed by atoms with Crippen LogP contribution in [0.3, 0.4) is 0 Å². The summed E-state index contributed by atoms with van der Waals surface area (Å²) in [5.74, 6) is -0.879. The highest BCUT2D eigenvalue weighted by Crippen LogP contribution is 2.96. The van der Waals surface area contributed by atoms with Gasteiger partial charge >= 0.3 is 0 Å². The fourth-order valence-electron chi connectivity index (χ4n) is 3.61. The number of nitrogens with zero attached hydrogens (tertiary/aromatic N) is 3. The van der Waals surface area contributed by atoms with Crippen LogP contribution in [-0.4, -0.2) is 21.3 Å². The van der Waals surface area contributed by atoms with E-state index in [4.69, 9.17) is 61.8 Å². The molecule has 0 spiro atoms. The predicted molar refractivity (Wildman–Crippen MR) is 194 cm³/mol. The Bertz CT molecular complexity index is 1690. The van der Waals surface area contributed by atoms with Gasteiger partial charge in [0.2, 0.25) is 11.2 Å². The van der Waals surface area contributed by atoms with E-state index in [1.165, 1.54) is 0 Å². The lowest BCUT2D eigenvalue weighted by Crippen LogP contribution is -1.84. The molecule has 0 saturated heterocycles. The first-order chi connectivity index (χ1) is 20.6. The normalized spacial score (nSPS) is 18.5. The van der Waals surface area contributed by atoms with Crippen LogP contribution >= 0.6 is 96.7 Å². The third-order valence-electron chi connectivity index (χ3n) is 5.56. The fraction of sp³-hybridized carbons (Fsp3) is 0.111. The smallest absolute Gasteiger partial charge is 0.256 e. The maximum Gasteiger partial charge on any atom is 0.256 e. The number of methoxy groups -OCH3 is 3.